The van der Waals surface area contributed by atoms with Crippen LogP contribution in [-0.2, 0) is 25.5 Å². The number of nitrogens with zero attached hydrogens (tertiary/aromatic N) is 1. The van der Waals surface area contributed by atoms with Gasteiger partial charge in [0.1, 0.15) is 17.4 Å². The largest absolute Gasteiger partial charge is 0.497 e. The Labute approximate surface area is 235 Å². The second-order valence-electron chi connectivity index (χ2n) is 11.7. The van der Waals surface area contributed by atoms with Gasteiger partial charge in [-0.25, -0.2) is 0 Å². The van der Waals surface area contributed by atoms with E-state index in [1.165, 1.54) is 6.42 Å². The summed E-state index contributed by atoms with van der Waals surface area (Å²) in [4.78, 5) is 43.7. The highest BCUT2D eigenvalue weighted by molar-refractivity contribution is 6.03. The van der Waals surface area contributed by atoms with Gasteiger partial charge in [0, 0.05) is 18.3 Å². The van der Waals surface area contributed by atoms with E-state index in [0.29, 0.717) is 18.7 Å². The van der Waals surface area contributed by atoms with Crippen LogP contribution in [0.1, 0.15) is 44.6 Å². The summed E-state index contributed by atoms with van der Waals surface area (Å²) >= 11 is 0. The van der Waals surface area contributed by atoms with Crippen LogP contribution < -0.4 is 15.4 Å². The lowest BCUT2D eigenvalue weighted by Crippen LogP contribution is -2.57. The van der Waals surface area contributed by atoms with Crippen LogP contribution in [0, 0.1) is 11.8 Å². The molecular formula is C32H37N3O5. The van der Waals surface area contributed by atoms with Crippen LogP contribution in [0.15, 0.2) is 66.7 Å². The third-order valence-corrected chi connectivity index (χ3v) is 9.12. The molecule has 2 saturated heterocycles. The van der Waals surface area contributed by atoms with Gasteiger partial charge in [-0.05, 0) is 56.0 Å². The summed E-state index contributed by atoms with van der Waals surface area (Å²) in [6.07, 6.45) is 9.53. The topological polar surface area (TPSA) is 97.0 Å². The quantitative estimate of drug-likeness (QED) is 0.493. The molecule has 8 nitrogen and oxygen atoms in total. The van der Waals surface area contributed by atoms with Gasteiger partial charge in [0.05, 0.1) is 24.5 Å². The molecule has 210 valence electrons. The fraction of sp³-hybridized carbons (Fsp3) is 0.469. The molecule has 8 heteroatoms. The molecule has 4 aliphatic rings. The van der Waals surface area contributed by atoms with Crippen LogP contribution in [0.3, 0.4) is 0 Å². The van der Waals surface area contributed by atoms with E-state index in [-0.39, 0.29) is 23.8 Å². The number of benzene rings is 2. The molecular weight excluding hydrogens is 506 g/mol. The maximum absolute atomic E-state index is 14.2. The van der Waals surface area contributed by atoms with Crippen molar-refractivity contribution >= 4 is 23.4 Å². The number of nitrogens with one attached hydrogen (secondary N) is 2. The fourth-order valence-corrected chi connectivity index (χ4v) is 7.18. The Balaban J connectivity index is 1.31. The SMILES string of the molecule is COc1ccc(CCN2C(=O)[C@@H]3[C@H](C(=O)Nc4ccccc4)[C@]4(C)C=C[C@@]3(O4)[C@H]2C(=O)NC2CCCCC2)cc1. The first-order chi connectivity index (χ1) is 19.3. The number of methoxy groups -OCH3 is 1. The van der Waals surface area contributed by atoms with E-state index in [9.17, 15) is 14.4 Å². The maximum Gasteiger partial charge on any atom is 0.246 e. The van der Waals surface area contributed by atoms with Crippen molar-refractivity contribution in [1.82, 2.24) is 10.2 Å². The lowest BCUT2D eigenvalue weighted by atomic mass is 9.70. The minimum atomic E-state index is -1.19. The Hall–Kier alpha value is -3.65. The predicted molar refractivity (Wildman–Crippen MR) is 151 cm³/mol. The van der Waals surface area contributed by atoms with Gasteiger partial charge in [-0.2, -0.15) is 0 Å². The molecule has 3 heterocycles. The number of carbonyl (C=O) groups is 3. The monoisotopic (exact) mass is 543 g/mol. The van der Waals surface area contributed by atoms with Crippen LogP contribution >= 0.6 is 0 Å². The minimum absolute atomic E-state index is 0.0885. The summed E-state index contributed by atoms with van der Waals surface area (Å²) < 4.78 is 11.9. The van der Waals surface area contributed by atoms with Gasteiger partial charge >= 0.3 is 0 Å². The molecule has 2 aromatic rings. The van der Waals surface area contributed by atoms with Crippen molar-refractivity contribution in [3.63, 3.8) is 0 Å². The Morgan fingerprint density at radius 2 is 1.73 bits per heavy atom. The Kier molecular flexibility index (Phi) is 6.90. The number of hydrogen-bond acceptors (Lipinski definition) is 5. The molecule has 5 atom stereocenters. The number of para-hydroxylation sites is 1. The average molecular weight is 544 g/mol. The van der Waals surface area contributed by atoms with Crippen molar-refractivity contribution in [1.29, 1.82) is 0 Å². The van der Waals surface area contributed by atoms with Crippen molar-refractivity contribution in [2.24, 2.45) is 11.8 Å². The van der Waals surface area contributed by atoms with Gasteiger partial charge in [0.2, 0.25) is 17.7 Å². The lowest BCUT2D eigenvalue weighted by molar-refractivity contribution is -0.144. The lowest BCUT2D eigenvalue weighted by Gasteiger charge is -2.34. The number of likely N-dealkylation sites (tertiary alicyclic amines) is 1. The van der Waals surface area contributed by atoms with Crippen LogP contribution in [-0.4, -0.2) is 59.6 Å². The zero-order chi connectivity index (χ0) is 27.9. The second kappa shape index (κ2) is 10.4. The molecule has 40 heavy (non-hydrogen) atoms. The predicted octanol–water partition coefficient (Wildman–Crippen LogP) is 3.87. The number of ether oxygens (including phenoxy) is 2. The zero-order valence-electron chi connectivity index (χ0n) is 23.1. The molecule has 2 aromatic carbocycles. The zero-order valence-corrected chi connectivity index (χ0v) is 23.1. The highest BCUT2D eigenvalue weighted by Gasteiger charge is 2.76. The van der Waals surface area contributed by atoms with E-state index < -0.39 is 29.1 Å². The molecule has 3 fully saturated rings. The highest BCUT2D eigenvalue weighted by Crippen LogP contribution is 2.59. The minimum Gasteiger partial charge on any atom is -0.497 e. The van der Waals surface area contributed by atoms with Gasteiger partial charge in [0.25, 0.3) is 0 Å². The standard InChI is InChI=1S/C32H37N3O5/c1-31-18-19-32(40-31)26(25(31)28(36)33-22-9-5-3-6-10-22)30(38)35(20-17-21-13-15-24(39-2)16-14-21)27(32)29(37)34-23-11-7-4-8-12-23/h3,5-6,9-10,13-16,18-19,23,25-27H,4,7-8,11-12,17,20H2,1-2H3,(H,33,36)(H,34,37)/t25-,26+,27-,31+,32+/m1/s1. The highest BCUT2D eigenvalue weighted by atomic mass is 16.5. The molecule has 3 amide bonds. The number of amides is 3. The van der Waals surface area contributed by atoms with Crippen LogP contribution in [0.5, 0.6) is 5.75 Å². The first-order valence-corrected chi connectivity index (χ1v) is 14.3. The summed E-state index contributed by atoms with van der Waals surface area (Å²) in [6.45, 7) is 2.18. The number of rotatable bonds is 8. The summed E-state index contributed by atoms with van der Waals surface area (Å²) in [6, 6.07) is 16.2. The fourth-order valence-electron chi connectivity index (χ4n) is 7.18. The molecule has 3 aliphatic heterocycles. The van der Waals surface area contributed by atoms with Crippen molar-refractivity contribution in [2.45, 2.75) is 68.7 Å². The third kappa shape index (κ3) is 4.48. The van der Waals surface area contributed by atoms with Gasteiger partial charge < -0.3 is 25.0 Å². The number of fused-ring (bicyclic) bond motifs is 1. The smallest absolute Gasteiger partial charge is 0.246 e. The Morgan fingerprint density at radius 3 is 2.42 bits per heavy atom. The number of carbonyl (C=O) groups excluding carboxylic acids is 3. The number of anilines is 1. The normalized spacial score (nSPS) is 30.8. The van der Waals surface area contributed by atoms with Gasteiger partial charge in [0.15, 0.2) is 0 Å². The van der Waals surface area contributed by atoms with Crippen LogP contribution in [0.2, 0.25) is 0 Å². The van der Waals surface area contributed by atoms with Gasteiger partial charge in [-0.1, -0.05) is 61.7 Å². The van der Waals surface area contributed by atoms with E-state index in [1.807, 2.05) is 73.7 Å². The van der Waals surface area contributed by atoms with Gasteiger partial charge in [-0.3, -0.25) is 14.4 Å². The molecule has 1 saturated carbocycles. The summed E-state index contributed by atoms with van der Waals surface area (Å²) in [5.74, 6) is -1.48. The molecule has 0 unspecified atom stereocenters. The van der Waals surface area contributed by atoms with E-state index in [4.69, 9.17) is 9.47 Å². The molecule has 6 rings (SSSR count). The van der Waals surface area contributed by atoms with Crippen LogP contribution in [0.25, 0.3) is 0 Å². The molecule has 2 N–H and O–H groups in total. The Morgan fingerprint density at radius 1 is 1.00 bits per heavy atom. The summed E-state index contributed by atoms with van der Waals surface area (Å²) in [7, 11) is 1.62. The molecule has 1 aliphatic carbocycles. The van der Waals surface area contributed by atoms with Gasteiger partial charge in [-0.15, -0.1) is 0 Å². The molecule has 0 radical (unpaired) electrons. The van der Waals surface area contributed by atoms with Crippen molar-refractivity contribution < 1.29 is 23.9 Å². The Bertz CT molecular complexity index is 1310. The van der Waals surface area contributed by atoms with Crippen molar-refractivity contribution in [3.05, 3.63) is 72.3 Å². The average Bonchev–Trinajstić information content (AvgIpc) is 3.53. The second-order valence-corrected chi connectivity index (χ2v) is 11.7. The van der Waals surface area contributed by atoms with Crippen molar-refractivity contribution in [3.8, 4) is 5.75 Å². The van der Waals surface area contributed by atoms with E-state index in [1.54, 1.807) is 12.0 Å². The van der Waals surface area contributed by atoms with Crippen LogP contribution in [0.4, 0.5) is 5.69 Å². The number of hydrogen-bond donors (Lipinski definition) is 2. The summed E-state index contributed by atoms with van der Waals surface area (Å²) in [5.41, 5.74) is -0.487. The summed E-state index contributed by atoms with van der Waals surface area (Å²) in [5, 5.41) is 6.23. The van der Waals surface area contributed by atoms with E-state index >= 15 is 0 Å². The first kappa shape index (κ1) is 26.6. The van der Waals surface area contributed by atoms with E-state index in [2.05, 4.69) is 10.6 Å². The third-order valence-electron chi connectivity index (χ3n) is 9.12. The first-order valence-electron chi connectivity index (χ1n) is 14.3. The molecule has 1 spiro atoms. The maximum atomic E-state index is 14.2. The molecule has 0 aromatic heterocycles. The van der Waals surface area contributed by atoms with E-state index in [0.717, 1.165) is 37.0 Å². The van der Waals surface area contributed by atoms with Crippen molar-refractivity contribution in [2.75, 3.05) is 19.0 Å². The molecule has 2 bridgehead atoms.